The summed E-state index contributed by atoms with van der Waals surface area (Å²) in [5.74, 6) is 3.88. The third kappa shape index (κ3) is 3.70. The maximum absolute atomic E-state index is 2.39. The molecule has 1 aliphatic rings. The SMILES string of the molecule is CC(C)CC1CCCC(C(C)C)C1. The van der Waals surface area contributed by atoms with E-state index in [1.807, 2.05) is 0 Å². The predicted molar refractivity (Wildman–Crippen MR) is 59.7 cm³/mol. The lowest BCUT2D eigenvalue weighted by molar-refractivity contribution is 0.194. The van der Waals surface area contributed by atoms with Gasteiger partial charge in [-0.15, -0.1) is 0 Å². The Labute approximate surface area is 84.1 Å². The van der Waals surface area contributed by atoms with E-state index in [0.29, 0.717) is 0 Å². The van der Waals surface area contributed by atoms with Crippen molar-refractivity contribution >= 4 is 0 Å². The molecule has 0 amide bonds. The van der Waals surface area contributed by atoms with E-state index < -0.39 is 0 Å². The summed E-state index contributed by atoms with van der Waals surface area (Å²) in [7, 11) is 0. The molecule has 0 heteroatoms. The predicted octanol–water partition coefficient (Wildman–Crippen LogP) is 4.49. The van der Waals surface area contributed by atoms with Gasteiger partial charge in [-0.2, -0.15) is 0 Å². The number of hydrogen-bond donors (Lipinski definition) is 0. The van der Waals surface area contributed by atoms with Crippen LogP contribution in [0.1, 0.15) is 59.8 Å². The first-order valence-corrected chi connectivity index (χ1v) is 6.09. The van der Waals surface area contributed by atoms with Gasteiger partial charge in [0, 0.05) is 0 Å². The molecule has 0 aromatic carbocycles. The largest absolute Gasteiger partial charge is 0.0628 e. The van der Waals surface area contributed by atoms with Crippen LogP contribution in [-0.4, -0.2) is 0 Å². The number of hydrogen-bond acceptors (Lipinski definition) is 0. The first-order chi connectivity index (χ1) is 6.09. The topological polar surface area (TPSA) is 0 Å². The molecule has 1 fully saturated rings. The molecule has 0 heterocycles. The minimum absolute atomic E-state index is 0.899. The van der Waals surface area contributed by atoms with Crippen LogP contribution in [-0.2, 0) is 0 Å². The minimum Gasteiger partial charge on any atom is -0.0628 e. The molecule has 0 nitrogen and oxygen atoms in total. The first kappa shape index (κ1) is 11.1. The van der Waals surface area contributed by atoms with Crippen LogP contribution in [0.5, 0.6) is 0 Å². The maximum atomic E-state index is 2.39. The fourth-order valence-electron chi connectivity index (χ4n) is 2.82. The van der Waals surface area contributed by atoms with Gasteiger partial charge in [-0.25, -0.2) is 0 Å². The van der Waals surface area contributed by atoms with E-state index in [2.05, 4.69) is 27.7 Å². The van der Waals surface area contributed by atoms with Crippen LogP contribution in [0.4, 0.5) is 0 Å². The van der Waals surface area contributed by atoms with Gasteiger partial charge in [0.25, 0.3) is 0 Å². The highest BCUT2D eigenvalue weighted by molar-refractivity contribution is 4.75. The van der Waals surface area contributed by atoms with E-state index in [1.165, 1.54) is 32.1 Å². The molecule has 0 aliphatic heterocycles. The van der Waals surface area contributed by atoms with Gasteiger partial charge in [0.15, 0.2) is 0 Å². The van der Waals surface area contributed by atoms with Crippen LogP contribution in [0.2, 0.25) is 0 Å². The zero-order valence-electron chi connectivity index (χ0n) is 9.84. The van der Waals surface area contributed by atoms with Crippen LogP contribution < -0.4 is 0 Å². The molecule has 78 valence electrons. The summed E-state index contributed by atoms with van der Waals surface area (Å²) in [6.45, 7) is 9.50. The molecule has 1 saturated carbocycles. The van der Waals surface area contributed by atoms with Gasteiger partial charge in [0.05, 0.1) is 0 Å². The van der Waals surface area contributed by atoms with E-state index in [9.17, 15) is 0 Å². The van der Waals surface area contributed by atoms with E-state index in [1.54, 1.807) is 0 Å². The van der Waals surface area contributed by atoms with Gasteiger partial charge in [-0.05, 0) is 36.5 Å². The molecule has 0 spiro atoms. The Balaban J connectivity index is 2.33. The molecule has 13 heavy (non-hydrogen) atoms. The Bertz CT molecular complexity index is 135. The molecule has 1 aliphatic carbocycles. The fraction of sp³-hybridized carbons (Fsp3) is 1.00. The van der Waals surface area contributed by atoms with Crippen molar-refractivity contribution in [3.8, 4) is 0 Å². The average molecular weight is 182 g/mol. The molecule has 2 atom stereocenters. The maximum Gasteiger partial charge on any atom is -0.0388 e. The molecule has 0 saturated heterocycles. The third-order valence-electron chi connectivity index (χ3n) is 3.57. The van der Waals surface area contributed by atoms with Crippen LogP contribution in [0, 0.1) is 23.7 Å². The summed E-state index contributed by atoms with van der Waals surface area (Å²) in [5.41, 5.74) is 0. The molecule has 2 unspecified atom stereocenters. The van der Waals surface area contributed by atoms with E-state index >= 15 is 0 Å². The second-order valence-corrected chi connectivity index (χ2v) is 5.67. The summed E-state index contributed by atoms with van der Waals surface area (Å²) in [4.78, 5) is 0. The Morgan fingerprint density at radius 1 is 1.08 bits per heavy atom. The van der Waals surface area contributed by atoms with Gasteiger partial charge in [0.2, 0.25) is 0 Å². The van der Waals surface area contributed by atoms with Crippen LogP contribution in [0.3, 0.4) is 0 Å². The van der Waals surface area contributed by atoms with E-state index in [4.69, 9.17) is 0 Å². The smallest absolute Gasteiger partial charge is 0.0388 e. The summed E-state index contributed by atoms with van der Waals surface area (Å²) in [6.07, 6.45) is 7.45. The highest BCUT2D eigenvalue weighted by atomic mass is 14.3. The van der Waals surface area contributed by atoms with E-state index in [0.717, 1.165) is 23.7 Å². The van der Waals surface area contributed by atoms with Gasteiger partial charge in [-0.3, -0.25) is 0 Å². The lowest BCUT2D eigenvalue weighted by atomic mass is 9.74. The molecule has 0 radical (unpaired) electrons. The average Bonchev–Trinajstić information content (AvgIpc) is 2.03. The molecule has 0 bridgehead atoms. The van der Waals surface area contributed by atoms with Crippen molar-refractivity contribution < 1.29 is 0 Å². The summed E-state index contributed by atoms with van der Waals surface area (Å²) < 4.78 is 0. The van der Waals surface area contributed by atoms with Gasteiger partial charge >= 0.3 is 0 Å². The van der Waals surface area contributed by atoms with Crippen LogP contribution in [0.15, 0.2) is 0 Å². The second-order valence-electron chi connectivity index (χ2n) is 5.67. The Kier molecular flexibility index (Phi) is 4.28. The van der Waals surface area contributed by atoms with Crippen molar-refractivity contribution in [1.29, 1.82) is 0 Å². The fourth-order valence-corrected chi connectivity index (χ4v) is 2.82. The molecular formula is C13H26. The van der Waals surface area contributed by atoms with Gasteiger partial charge < -0.3 is 0 Å². The highest BCUT2D eigenvalue weighted by Gasteiger charge is 2.24. The van der Waals surface area contributed by atoms with Crippen molar-refractivity contribution in [2.75, 3.05) is 0 Å². The minimum atomic E-state index is 0.899. The normalized spacial score (nSPS) is 30.0. The third-order valence-corrected chi connectivity index (χ3v) is 3.57. The lowest BCUT2D eigenvalue weighted by Gasteiger charge is -2.32. The van der Waals surface area contributed by atoms with E-state index in [-0.39, 0.29) is 0 Å². The second kappa shape index (κ2) is 5.02. The molecule has 1 rings (SSSR count). The van der Waals surface area contributed by atoms with Crippen molar-refractivity contribution in [2.45, 2.75) is 59.8 Å². The molecule has 0 aromatic heterocycles. The van der Waals surface area contributed by atoms with Gasteiger partial charge in [0.1, 0.15) is 0 Å². The van der Waals surface area contributed by atoms with Gasteiger partial charge in [-0.1, -0.05) is 47.0 Å². The van der Waals surface area contributed by atoms with Crippen LogP contribution in [0.25, 0.3) is 0 Å². The standard InChI is InChI=1S/C13H26/c1-10(2)8-12-6-5-7-13(9-12)11(3)4/h10-13H,5-9H2,1-4H3. The first-order valence-electron chi connectivity index (χ1n) is 6.09. The summed E-state index contributed by atoms with van der Waals surface area (Å²) in [6, 6.07) is 0. The van der Waals surface area contributed by atoms with Crippen LogP contribution >= 0.6 is 0 Å². The Morgan fingerprint density at radius 2 is 1.77 bits per heavy atom. The quantitative estimate of drug-likeness (QED) is 0.603. The molecular weight excluding hydrogens is 156 g/mol. The van der Waals surface area contributed by atoms with Crippen molar-refractivity contribution in [2.24, 2.45) is 23.7 Å². The van der Waals surface area contributed by atoms with Crippen molar-refractivity contribution in [3.05, 3.63) is 0 Å². The Morgan fingerprint density at radius 3 is 2.31 bits per heavy atom. The van der Waals surface area contributed by atoms with Crippen molar-refractivity contribution in [1.82, 2.24) is 0 Å². The molecule has 0 N–H and O–H groups in total. The zero-order chi connectivity index (χ0) is 9.84. The number of rotatable bonds is 3. The molecule has 0 aromatic rings. The summed E-state index contributed by atoms with van der Waals surface area (Å²) >= 11 is 0. The highest BCUT2D eigenvalue weighted by Crippen LogP contribution is 2.36. The Hall–Kier alpha value is 0. The van der Waals surface area contributed by atoms with Crippen molar-refractivity contribution in [3.63, 3.8) is 0 Å². The lowest BCUT2D eigenvalue weighted by Crippen LogP contribution is -2.20. The summed E-state index contributed by atoms with van der Waals surface area (Å²) in [5, 5.41) is 0. The monoisotopic (exact) mass is 182 g/mol. The zero-order valence-corrected chi connectivity index (χ0v) is 9.84.